The van der Waals surface area contributed by atoms with Gasteiger partial charge in [0.2, 0.25) is 0 Å². The number of hydrogen-bond donors (Lipinski definition) is 0. The van der Waals surface area contributed by atoms with Gasteiger partial charge in [0.15, 0.2) is 5.58 Å². The molecule has 3 heteroatoms. The highest BCUT2D eigenvalue weighted by Crippen LogP contribution is 2.20. The Morgan fingerprint density at radius 3 is 2.75 bits per heavy atom. The van der Waals surface area contributed by atoms with Crippen molar-refractivity contribution in [1.82, 2.24) is 10.1 Å². The lowest BCUT2D eigenvalue weighted by Crippen LogP contribution is -1.84. The van der Waals surface area contributed by atoms with Crippen LogP contribution in [0.25, 0.3) is 11.1 Å². The predicted octanol–water partition coefficient (Wildman–Crippen LogP) is 2.15. The van der Waals surface area contributed by atoms with Crippen LogP contribution in [-0.4, -0.2) is 10.1 Å². The van der Waals surface area contributed by atoms with E-state index < -0.39 is 0 Å². The molecular weight excluding hydrogens is 152 g/mol. The fourth-order valence-electron chi connectivity index (χ4n) is 1.20. The molecule has 0 aromatic carbocycles. The first-order valence-electron chi connectivity index (χ1n) is 3.88. The number of fused-ring (bicyclic) bond motifs is 1. The van der Waals surface area contributed by atoms with Crippen LogP contribution in [0.5, 0.6) is 0 Å². The van der Waals surface area contributed by atoms with Crippen LogP contribution in [-0.2, 0) is 0 Å². The molecule has 3 nitrogen and oxygen atoms in total. The fourth-order valence-corrected chi connectivity index (χ4v) is 1.20. The number of hydrogen-bond acceptors (Lipinski definition) is 3. The Kier molecular flexibility index (Phi) is 1.40. The van der Waals surface area contributed by atoms with E-state index in [0.29, 0.717) is 0 Å². The molecule has 0 radical (unpaired) electrons. The van der Waals surface area contributed by atoms with Gasteiger partial charge in [-0.15, -0.1) is 0 Å². The highest BCUT2D eigenvalue weighted by Gasteiger charge is 2.08. The normalized spacial score (nSPS) is 10.9. The average Bonchev–Trinajstić information content (AvgIpc) is 2.41. The van der Waals surface area contributed by atoms with Crippen molar-refractivity contribution in [2.24, 2.45) is 0 Å². The van der Waals surface area contributed by atoms with Crippen LogP contribution in [0, 0.1) is 20.8 Å². The zero-order chi connectivity index (χ0) is 8.72. The molecule has 2 aromatic rings. The van der Waals surface area contributed by atoms with Crippen LogP contribution in [0.1, 0.15) is 16.8 Å². The second kappa shape index (κ2) is 2.30. The summed E-state index contributed by atoms with van der Waals surface area (Å²) < 4.78 is 5.15. The first kappa shape index (κ1) is 7.28. The summed E-state index contributed by atoms with van der Waals surface area (Å²) in [5.41, 5.74) is 4.80. The smallest absolute Gasteiger partial charge is 0.188 e. The van der Waals surface area contributed by atoms with E-state index in [9.17, 15) is 0 Å². The minimum Gasteiger partial charge on any atom is -0.354 e. The van der Waals surface area contributed by atoms with E-state index in [0.717, 1.165) is 27.9 Å². The molecule has 0 aliphatic rings. The van der Waals surface area contributed by atoms with Gasteiger partial charge in [0.25, 0.3) is 0 Å². The number of nitrogens with zero attached hydrogens (tertiary/aromatic N) is 2. The molecule has 2 rings (SSSR count). The lowest BCUT2D eigenvalue weighted by atomic mass is 10.1. The third-order valence-corrected chi connectivity index (χ3v) is 2.15. The molecule has 0 bridgehead atoms. The summed E-state index contributed by atoms with van der Waals surface area (Å²) in [6, 6.07) is 0. The van der Waals surface area contributed by atoms with E-state index in [4.69, 9.17) is 4.52 Å². The van der Waals surface area contributed by atoms with Crippen LogP contribution >= 0.6 is 0 Å². The maximum Gasteiger partial charge on any atom is 0.188 e. The number of pyridine rings is 1. The van der Waals surface area contributed by atoms with E-state index in [2.05, 4.69) is 10.1 Å². The zero-order valence-corrected chi connectivity index (χ0v) is 7.38. The quantitative estimate of drug-likeness (QED) is 0.595. The summed E-state index contributed by atoms with van der Waals surface area (Å²) >= 11 is 0. The van der Waals surface area contributed by atoms with Crippen molar-refractivity contribution < 1.29 is 4.52 Å². The summed E-state index contributed by atoms with van der Waals surface area (Å²) in [5.74, 6) is 0. The predicted molar refractivity (Wildman–Crippen MR) is 46.0 cm³/mol. The molecule has 0 saturated heterocycles. The molecule has 2 aromatic heterocycles. The first-order chi connectivity index (χ1) is 5.70. The summed E-state index contributed by atoms with van der Waals surface area (Å²) in [5, 5.41) is 3.86. The van der Waals surface area contributed by atoms with Crippen LogP contribution < -0.4 is 0 Å². The van der Waals surface area contributed by atoms with Gasteiger partial charge in [0.05, 0.1) is 0 Å². The minimum absolute atomic E-state index is 0.813. The Balaban J connectivity index is 2.93. The second-order valence-corrected chi connectivity index (χ2v) is 3.01. The topological polar surface area (TPSA) is 38.9 Å². The van der Waals surface area contributed by atoms with Gasteiger partial charge in [-0.1, -0.05) is 5.16 Å². The molecule has 62 valence electrons. The molecule has 0 spiro atoms. The standard InChI is InChI=1S/C9H10N2O/c1-5-4-10-8-7(3)11-12-9(8)6(5)2/h4H,1-3H3. The van der Waals surface area contributed by atoms with Crippen LogP contribution in [0.2, 0.25) is 0 Å². The third kappa shape index (κ3) is 0.826. The Labute approximate surface area is 70.4 Å². The lowest BCUT2D eigenvalue weighted by Gasteiger charge is -1.96. The SMILES string of the molecule is Cc1cnc2c(C)noc2c1C. The molecule has 0 aliphatic heterocycles. The van der Waals surface area contributed by atoms with Gasteiger partial charge in [-0.05, 0) is 26.3 Å². The summed E-state index contributed by atoms with van der Waals surface area (Å²) in [6.45, 7) is 5.93. The third-order valence-electron chi connectivity index (χ3n) is 2.15. The van der Waals surface area contributed by atoms with Crippen molar-refractivity contribution in [1.29, 1.82) is 0 Å². The summed E-state index contributed by atoms with van der Waals surface area (Å²) in [4.78, 5) is 4.24. The van der Waals surface area contributed by atoms with Gasteiger partial charge in [-0.3, -0.25) is 4.98 Å². The molecule has 0 unspecified atom stereocenters. The van der Waals surface area contributed by atoms with Crippen molar-refractivity contribution in [3.63, 3.8) is 0 Å². The van der Waals surface area contributed by atoms with Crippen LogP contribution in [0.4, 0.5) is 0 Å². The Morgan fingerprint density at radius 2 is 2.00 bits per heavy atom. The Morgan fingerprint density at radius 1 is 1.25 bits per heavy atom. The summed E-state index contributed by atoms with van der Waals surface area (Å²) in [6.07, 6.45) is 1.85. The number of rotatable bonds is 0. The molecule has 0 N–H and O–H groups in total. The molecule has 0 aliphatic carbocycles. The van der Waals surface area contributed by atoms with Crippen LogP contribution in [0.3, 0.4) is 0 Å². The molecule has 0 atom stereocenters. The van der Waals surface area contributed by atoms with E-state index in [1.165, 1.54) is 0 Å². The molecule has 2 heterocycles. The average molecular weight is 162 g/mol. The molecule has 0 saturated carbocycles. The van der Waals surface area contributed by atoms with E-state index in [1.54, 1.807) is 0 Å². The van der Waals surface area contributed by atoms with Crippen molar-refractivity contribution in [3.05, 3.63) is 23.0 Å². The molecule has 0 amide bonds. The number of aromatic nitrogens is 2. The van der Waals surface area contributed by atoms with Crippen molar-refractivity contribution in [2.45, 2.75) is 20.8 Å². The van der Waals surface area contributed by atoms with Crippen molar-refractivity contribution >= 4 is 11.1 Å². The molecule has 12 heavy (non-hydrogen) atoms. The zero-order valence-electron chi connectivity index (χ0n) is 7.38. The van der Waals surface area contributed by atoms with E-state index in [1.807, 2.05) is 27.0 Å². The van der Waals surface area contributed by atoms with Crippen molar-refractivity contribution in [2.75, 3.05) is 0 Å². The Bertz CT molecular complexity index is 431. The van der Waals surface area contributed by atoms with Crippen LogP contribution in [0.15, 0.2) is 10.7 Å². The lowest BCUT2D eigenvalue weighted by molar-refractivity contribution is 0.448. The maximum atomic E-state index is 5.15. The van der Waals surface area contributed by atoms with E-state index >= 15 is 0 Å². The van der Waals surface area contributed by atoms with E-state index in [-0.39, 0.29) is 0 Å². The fraction of sp³-hybridized carbons (Fsp3) is 0.333. The highest BCUT2D eigenvalue weighted by molar-refractivity contribution is 5.78. The molecule has 0 fully saturated rings. The minimum atomic E-state index is 0.813. The maximum absolute atomic E-state index is 5.15. The second-order valence-electron chi connectivity index (χ2n) is 3.01. The van der Waals surface area contributed by atoms with Gasteiger partial charge in [0.1, 0.15) is 11.2 Å². The van der Waals surface area contributed by atoms with Gasteiger partial charge in [0, 0.05) is 11.8 Å². The van der Waals surface area contributed by atoms with Crippen molar-refractivity contribution in [3.8, 4) is 0 Å². The number of aryl methyl sites for hydroxylation is 3. The highest BCUT2D eigenvalue weighted by atomic mass is 16.5. The van der Waals surface area contributed by atoms with Gasteiger partial charge >= 0.3 is 0 Å². The summed E-state index contributed by atoms with van der Waals surface area (Å²) in [7, 11) is 0. The van der Waals surface area contributed by atoms with Gasteiger partial charge in [-0.2, -0.15) is 0 Å². The monoisotopic (exact) mass is 162 g/mol. The van der Waals surface area contributed by atoms with Gasteiger partial charge in [-0.25, -0.2) is 0 Å². The largest absolute Gasteiger partial charge is 0.354 e. The Hall–Kier alpha value is -1.38. The van der Waals surface area contributed by atoms with Gasteiger partial charge < -0.3 is 4.52 Å². The molecular formula is C9H10N2O. The first-order valence-corrected chi connectivity index (χ1v) is 3.88.